The molecule has 7 nitrogen and oxygen atoms in total. The fourth-order valence-electron chi connectivity index (χ4n) is 3.58. The molecular formula is C23H29FN4O3. The summed E-state index contributed by atoms with van der Waals surface area (Å²) in [7, 11) is 1.45. The molecule has 31 heavy (non-hydrogen) atoms. The lowest BCUT2D eigenvalue weighted by Gasteiger charge is -2.37. The van der Waals surface area contributed by atoms with E-state index in [4.69, 9.17) is 4.74 Å². The topological polar surface area (TPSA) is 73.9 Å². The predicted molar refractivity (Wildman–Crippen MR) is 116 cm³/mol. The zero-order valence-corrected chi connectivity index (χ0v) is 17.9. The summed E-state index contributed by atoms with van der Waals surface area (Å²) in [6.45, 7) is 5.69. The standard InChI is InChI=1S/C23H29FN4O3/c1-17(22(29)26-23(30)25-15-18-6-4-3-5-7-18)28-12-10-27(11-13-28)16-19-8-9-21(31-2)20(24)14-19/h3-9,14,17H,10-13,15-16H2,1-2H3,(H2,25,26,29,30). The van der Waals surface area contributed by atoms with Crippen LogP contribution in [-0.4, -0.2) is 61.1 Å². The zero-order chi connectivity index (χ0) is 22.2. The summed E-state index contributed by atoms with van der Waals surface area (Å²) in [4.78, 5) is 28.8. The number of carbonyl (C=O) groups excluding carboxylic acids is 2. The number of imide groups is 1. The lowest BCUT2D eigenvalue weighted by molar-refractivity contribution is -0.125. The van der Waals surface area contributed by atoms with E-state index in [0.29, 0.717) is 26.2 Å². The smallest absolute Gasteiger partial charge is 0.321 e. The molecule has 1 unspecified atom stereocenters. The van der Waals surface area contributed by atoms with Crippen LogP contribution in [-0.2, 0) is 17.9 Å². The van der Waals surface area contributed by atoms with Gasteiger partial charge in [-0.25, -0.2) is 9.18 Å². The third kappa shape index (κ3) is 6.50. The molecule has 166 valence electrons. The molecule has 8 heteroatoms. The van der Waals surface area contributed by atoms with Crippen LogP contribution < -0.4 is 15.4 Å². The van der Waals surface area contributed by atoms with Crippen molar-refractivity contribution in [2.75, 3.05) is 33.3 Å². The molecule has 0 saturated carbocycles. The van der Waals surface area contributed by atoms with Gasteiger partial charge in [-0.2, -0.15) is 0 Å². The highest BCUT2D eigenvalue weighted by molar-refractivity contribution is 5.96. The second-order valence-corrected chi connectivity index (χ2v) is 7.61. The summed E-state index contributed by atoms with van der Waals surface area (Å²) in [5.41, 5.74) is 1.85. The largest absolute Gasteiger partial charge is 0.494 e. The number of rotatable bonds is 7. The summed E-state index contributed by atoms with van der Waals surface area (Å²) in [6, 6.07) is 13.6. The van der Waals surface area contributed by atoms with Crippen LogP contribution in [0.15, 0.2) is 48.5 Å². The Hall–Kier alpha value is -2.97. The number of urea groups is 1. The van der Waals surface area contributed by atoms with E-state index in [1.54, 1.807) is 13.0 Å². The van der Waals surface area contributed by atoms with Crippen molar-refractivity contribution >= 4 is 11.9 Å². The maximum atomic E-state index is 13.9. The number of nitrogens with zero attached hydrogens (tertiary/aromatic N) is 2. The quantitative estimate of drug-likeness (QED) is 0.708. The summed E-state index contributed by atoms with van der Waals surface area (Å²) in [5.74, 6) is -0.452. The van der Waals surface area contributed by atoms with E-state index in [9.17, 15) is 14.0 Å². The number of piperazine rings is 1. The van der Waals surface area contributed by atoms with Crippen molar-refractivity contribution < 1.29 is 18.7 Å². The first-order chi connectivity index (χ1) is 15.0. The summed E-state index contributed by atoms with van der Waals surface area (Å²) < 4.78 is 18.8. The van der Waals surface area contributed by atoms with E-state index in [0.717, 1.165) is 24.2 Å². The first-order valence-electron chi connectivity index (χ1n) is 10.4. The maximum Gasteiger partial charge on any atom is 0.321 e. The second kappa shape index (κ2) is 10.9. The van der Waals surface area contributed by atoms with Crippen LogP contribution in [0.3, 0.4) is 0 Å². The van der Waals surface area contributed by atoms with Crippen LogP contribution in [0, 0.1) is 5.82 Å². The minimum absolute atomic E-state index is 0.237. The molecule has 1 fully saturated rings. The molecule has 1 aliphatic rings. The van der Waals surface area contributed by atoms with Crippen LogP contribution in [0.5, 0.6) is 5.75 Å². The average Bonchev–Trinajstić information content (AvgIpc) is 2.78. The van der Waals surface area contributed by atoms with Crippen molar-refractivity contribution in [2.24, 2.45) is 0 Å². The SMILES string of the molecule is COc1ccc(CN2CCN(C(C)C(=O)NC(=O)NCc3ccccc3)CC2)cc1F. The molecular weight excluding hydrogens is 399 g/mol. The van der Waals surface area contributed by atoms with Gasteiger partial charge in [0.15, 0.2) is 11.6 Å². The Morgan fingerprint density at radius 1 is 1.06 bits per heavy atom. The molecule has 1 aliphatic heterocycles. The Morgan fingerprint density at radius 2 is 1.77 bits per heavy atom. The van der Waals surface area contributed by atoms with E-state index in [2.05, 4.69) is 15.5 Å². The molecule has 2 N–H and O–H groups in total. The molecule has 0 bridgehead atoms. The average molecular weight is 429 g/mol. The van der Waals surface area contributed by atoms with Gasteiger partial charge in [-0.15, -0.1) is 0 Å². The summed E-state index contributed by atoms with van der Waals surface area (Å²) in [5, 5.41) is 5.12. The van der Waals surface area contributed by atoms with Crippen molar-refractivity contribution in [3.05, 3.63) is 65.5 Å². The second-order valence-electron chi connectivity index (χ2n) is 7.61. The van der Waals surface area contributed by atoms with Crippen LogP contribution in [0.1, 0.15) is 18.1 Å². The molecule has 1 atom stereocenters. The molecule has 0 radical (unpaired) electrons. The molecule has 0 spiro atoms. The molecule has 3 amide bonds. The van der Waals surface area contributed by atoms with Crippen LogP contribution in [0.2, 0.25) is 0 Å². The minimum atomic E-state index is -0.499. The van der Waals surface area contributed by atoms with Gasteiger partial charge in [-0.3, -0.25) is 19.9 Å². The molecule has 2 aromatic carbocycles. The molecule has 2 aromatic rings. The van der Waals surface area contributed by atoms with Crippen LogP contribution in [0.4, 0.5) is 9.18 Å². The monoisotopic (exact) mass is 428 g/mol. The molecule has 0 aromatic heterocycles. The minimum Gasteiger partial charge on any atom is -0.494 e. The normalized spacial score (nSPS) is 15.8. The fraction of sp³-hybridized carbons (Fsp3) is 0.391. The first kappa shape index (κ1) is 22.7. The van der Waals surface area contributed by atoms with E-state index >= 15 is 0 Å². The summed E-state index contributed by atoms with van der Waals surface area (Å²) >= 11 is 0. The number of halogens is 1. The first-order valence-corrected chi connectivity index (χ1v) is 10.4. The Balaban J connectivity index is 1.41. The number of amides is 3. The Labute approximate surface area is 182 Å². The highest BCUT2D eigenvalue weighted by Gasteiger charge is 2.26. The van der Waals surface area contributed by atoms with E-state index in [1.807, 2.05) is 41.3 Å². The van der Waals surface area contributed by atoms with E-state index < -0.39 is 12.1 Å². The van der Waals surface area contributed by atoms with Gasteiger partial charge in [0.05, 0.1) is 13.2 Å². The van der Waals surface area contributed by atoms with E-state index in [-0.39, 0.29) is 17.5 Å². The number of hydrogen-bond acceptors (Lipinski definition) is 5. The Morgan fingerprint density at radius 3 is 2.42 bits per heavy atom. The number of ether oxygens (including phenoxy) is 1. The lowest BCUT2D eigenvalue weighted by atomic mass is 10.1. The molecule has 3 rings (SSSR count). The van der Waals surface area contributed by atoms with E-state index in [1.165, 1.54) is 13.2 Å². The van der Waals surface area contributed by atoms with Crippen molar-refractivity contribution in [1.29, 1.82) is 0 Å². The van der Waals surface area contributed by atoms with Crippen molar-refractivity contribution in [3.8, 4) is 5.75 Å². The Kier molecular flexibility index (Phi) is 7.97. The number of nitrogens with one attached hydrogen (secondary N) is 2. The zero-order valence-electron chi connectivity index (χ0n) is 17.9. The van der Waals surface area contributed by atoms with Crippen LogP contribution in [0.25, 0.3) is 0 Å². The van der Waals surface area contributed by atoms with Crippen molar-refractivity contribution in [3.63, 3.8) is 0 Å². The summed E-state index contributed by atoms with van der Waals surface area (Å²) in [6.07, 6.45) is 0. The predicted octanol–water partition coefficient (Wildman–Crippen LogP) is 2.37. The van der Waals surface area contributed by atoms with Gasteiger partial charge < -0.3 is 10.1 Å². The molecule has 1 saturated heterocycles. The van der Waals surface area contributed by atoms with Gasteiger partial charge in [0.25, 0.3) is 0 Å². The van der Waals surface area contributed by atoms with Gasteiger partial charge in [-0.1, -0.05) is 36.4 Å². The number of methoxy groups -OCH3 is 1. The maximum absolute atomic E-state index is 13.9. The van der Waals surface area contributed by atoms with Gasteiger partial charge in [-0.05, 0) is 30.2 Å². The number of hydrogen-bond donors (Lipinski definition) is 2. The van der Waals surface area contributed by atoms with Crippen LogP contribution >= 0.6 is 0 Å². The van der Waals surface area contributed by atoms with Gasteiger partial charge >= 0.3 is 6.03 Å². The lowest BCUT2D eigenvalue weighted by Crippen LogP contribution is -2.55. The van der Waals surface area contributed by atoms with Crippen molar-refractivity contribution in [2.45, 2.75) is 26.1 Å². The highest BCUT2D eigenvalue weighted by Crippen LogP contribution is 2.19. The third-order valence-corrected chi connectivity index (χ3v) is 5.49. The third-order valence-electron chi connectivity index (χ3n) is 5.49. The van der Waals surface area contributed by atoms with Crippen molar-refractivity contribution in [1.82, 2.24) is 20.4 Å². The number of carbonyl (C=O) groups is 2. The Bertz CT molecular complexity index is 886. The molecule has 0 aliphatic carbocycles. The molecule has 1 heterocycles. The van der Waals surface area contributed by atoms with Gasteiger partial charge in [0.2, 0.25) is 5.91 Å². The van der Waals surface area contributed by atoms with Gasteiger partial charge in [0, 0.05) is 39.3 Å². The number of benzene rings is 2. The highest BCUT2D eigenvalue weighted by atomic mass is 19.1. The van der Waals surface area contributed by atoms with Gasteiger partial charge in [0.1, 0.15) is 0 Å². The fourth-order valence-corrected chi connectivity index (χ4v) is 3.58.